The largest absolute Gasteiger partial charge is 0.480 e. The van der Waals surface area contributed by atoms with Crippen LogP contribution in [0.3, 0.4) is 0 Å². The first kappa shape index (κ1) is 36.8. The summed E-state index contributed by atoms with van der Waals surface area (Å²) in [5, 5.41) is 39.2. The summed E-state index contributed by atoms with van der Waals surface area (Å²) in [4.78, 5) is 40.5. The third-order valence-electron chi connectivity index (χ3n) is 2.85. The Balaban J connectivity index is 0. The molecule has 0 radical (unpaired) electrons. The van der Waals surface area contributed by atoms with Gasteiger partial charge >= 0.3 is 23.9 Å². The molecule has 0 aliphatic carbocycles. The molecular formula is C16H16Fe2O8S8. The molecule has 0 fully saturated rings. The summed E-state index contributed by atoms with van der Waals surface area (Å²) in [5.41, 5.74) is 0. The minimum absolute atomic E-state index is 0. The van der Waals surface area contributed by atoms with E-state index < -0.39 is 23.9 Å². The summed E-state index contributed by atoms with van der Waals surface area (Å²) < 4.78 is 0. The van der Waals surface area contributed by atoms with Crippen molar-refractivity contribution in [2.24, 2.45) is 0 Å². The molecule has 4 heterocycles. The second-order valence-corrected chi connectivity index (χ2v) is 14.4. The molecule has 0 saturated heterocycles. The molecule has 0 aromatic carbocycles. The van der Waals surface area contributed by atoms with Crippen molar-refractivity contribution >= 4 is 110 Å². The van der Waals surface area contributed by atoms with Gasteiger partial charge in [-0.3, -0.25) is 19.2 Å². The fraction of sp³-hybridized carbons (Fsp3) is 0.250. The third-order valence-corrected chi connectivity index (χ3v) is 11.8. The number of carboxylic acid groups (broad SMARTS) is 4. The summed E-state index contributed by atoms with van der Waals surface area (Å²) in [5.74, 6) is -3.01. The van der Waals surface area contributed by atoms with Gasteiger partial charge < -0.3 is 20.4 Å². The maximum atomic E-state index is 10.1. The topological polar surface area (TPSA) is 149 Å². The molecule has 0 saturated carbocycles. The van der Waals surface area contributed by atoms with Crippen LogP contribution in [-0.2, 0) is 53.3 Å². The van der Waals surface area contributed by atoms with Crippen molar-refractivity contribution in [3.63, 3.8) is 0 Å². The molecular weight excluding hydrogens is 688 g/mol. The molecule has 4 aliphatic heterocycles. The van der Waals surface area contributed by atoms with Crippen molar-refractivity contribution in [2.75, 3.05) is 0 Å². The van der Waals surface area contributed by atoms with Gasteiger partial charge in [0.2, 0.25) is 0 Å². The average molecular weight is 705 g/mol. The van der Waals surface area contributed by atoms with Crippen molar-refractivity contribution in [3.05, 3.63) is 45.9 Å². The number of rotatable bonds is 4. The Labute approximate surface area is 248 Å². The first-order chi connectivity index (χ1) is 15.2. The van der Waals surface area contributed by atoms with Gasteiger partial charge in [0.05, 0.1) is 0 Å². The first-order valence-electron chi connectivity index (χ1n) is 8.08. The number of aliphatic carboxylic acids is 4. The van der Waals surface area contributed by atoms with E-state index in [1.54, 1.807) is 45.9 Å². The molecule has 0 spiro atoms. The minimum Gasteiger partial charge on any atom is -0.480 e. The molecule has 34 heavy (non-hydrogen) atoms. The maximum absolute atomic E-state index is 10.1. The van der Waals surface area contributed by atoms with E-state index >= 15 is 0 Å². The predicted octanol–water partition coefficient (Wildman–Crippen LogP) is 5.39. The molecule has 18 heteroatoms. The Hall–Kier alpha value is 0.679. The van der Waals surface area contributed by atoms with Gasteiger partial charge in [0, 0.05) is 34.1 Å². The van der Waals surface area contributed by atoms with Crippen LogP contribution in [0.2, 0.25) is 0 Å². The molecule has 4 rings (SSSR count). The second-order valence-electron chi connectivity index (χ2n) is 5.12. The molecule has 0 aromatic rings. The van der Waals surface area contributed by atoms with Gasteiger partial charge in [-0.2, -0.15) is 0 Å². The van der Waals surface area contributed by atoms with Crippen molar-refractivity contribution in [1.29, 1.82) is 0 Å². The van der Waals surface area contributed by atoms with Crippen molar-refractivity contribution in [1.82, 2.24) is 0 Å². The molecule has 0 bridgehead atoms. The van der Waals surface area contributed by atoms with Crippen molar-refractivity contribution in [3.8, 4) is 0 Å². The van der Waals surface area contributed by atoms with Crippen LogP contribution in [0.1, 0.15) is 0 Å². The van der Waals surface area contributed by atoms with Gasteiger partial charge in [-0.15, -0.1) is 0 Å². The molecule has 4 atom stereocenters. The van der Waals surface area contributed by atoms with E-state index in [1.807, 2.05) is 0 Å². The van der Waals surface area contributed by atoms with Gasteiger partial charge in [-0.1, -0.05) is 111 Å². The molecule has 4 unspecified atom stereocenters. The molecule has 0 amide bonds. The monoisotopic (exact) mass is 704 g/mol. The van der Waals surface area contributed by atoms with E-state index in [9.17, 15) is 19.2 Å². The van der Waals surface area contributed by atoms with Crippen LogP contribution in [0, 0.1) is 0 Å². The molecule has 8 nitrogen and oxygen atoms in total. The third kappa shape index (κ3) is 16.4. The SMILES string of the molecule is O=C(O)C1C=CSS1.O=C(O)C1C=CSS1.O=C(O)C1C=CSS1.O=C(O)C1C=CSS1.[Fe].[Fe]. The van der Waals surface area contributed by atoms with Crippen LogP contribution in [0.5, 0.6) is 0 Å². The summed E-state index contributed by atoms with van der Waals surface area (Å²) in [7, 11) is 11.3. The van der Waals surface area contributed by atoms with Crippen LogP contribution in [0.25, 0.3) is 0 Å². The van der Waals surface area contributed by atoms with Crippen LogP contribution in [-0.4, -0.2) is 65.3 Å². The van der Waals surface area contributed by atoms with E-state index in [1.165, 1.54) is 86.4 Å². The van der Waals surface area contributed by atoms with Crippen LogP contribution in [0.4, 0.5) is 0 Å². The molecule has 192 valence electrons. The fourth-order valence-electron chi connectivity index (χ4n) is 1.40. The molecule has 4 N–H and O–H groups in total. The van der Waals surface area contributed by atoms with Crippen LogP contribution < -0.4 is 0 Å². The number of hydrogen-bond donors (Lipinski definition) is 4. The first-order valence-corrected chi connectivity index (χ1v) is 17.2. The smallest absolute Gasteiger partial charge is 0.321 e. The van der Waals surface area contributed by atoms with Gasteiger partial charge in [0.1, 0.15) is 21.0 Å². The normalized spacial score (nSPS) is 24.7. The Morgan fingerprint density at radius 1 is 0.441 bits per heavy atom. The zero-order valence-corrected chi connectivity index (χ0v) is 25.1. The summed E-state index contributed by atoms with van der Waals surface area (Å²) in [6, 6.07) is 0. The number of carbonyl (C=O) groups is 4. The van der Waals surface area contributed by atoms with Gasteiger partial charge in [-0.05, 0) is 21.6 Å². The van der Waals surface area contributed by atoms with E-state index in [0.29, 0.717) is 0 Å². The Bertz CT molecular complexity index is 667. The van der Waals surface area contributed by atoms with E-state index in [4.69, 9.17) is 20.4 Å². The molecule has 4 aliphatic rings. The number of hydrogen-bond acceptors (Lipinski definition) is 12. The average Bonchev–Trinajstić information content (AvgIpc) is 3.56. The Morgan fingerprint density at radius 2 is 0.618 bits per heavy atom. The van der Waals surface area contributed by atoms with Gasteiger partial charge in [0.15, 0.2) is 0 Å². The zero-order valence-electron chi connectivity index (χ0n) is 16.3. The number of carboxylic acids is 4. The maximum Gasteiger partial charge on any atom is 0.321 e. The molecule has 0 aromatic heterocycles. The summed E-state index contributed by atoms with van der Waals surface area (Å²) >= 11 is 0. The second kappa shape index (κ2) is 21.7. The van der Waals surface area contributed by atoms with E-state index in [0.717, 1.165) is 0 Å². The summed E-state index contributed by atoms with van der Waals surface area (Å²) in [6.45, 7) is 0. The Kier molecular flexibility index (Phi) is 23.5. The van der Waals surface area contributed by atoms with Crippen LogP contribution >= 0.6 is 86.4 Å². The predicted molar refractivity (Wildman–Crippen MR) is 143 cm³/mol. The van der Waals surface area contributed by atoms with Crippen molar-refractivity contribution < 1.29 is 73.7 Å². The van der Waals surface area contributed by atoms with Crippen molar-refractivity contribution in [2.45, 2.75) is 21.0 Å². The van der Waals surface area contributed by atoms with E-state index in [-0.39, 0.29) is 55.1 Å². The minimum atomic E-state index is -0.753. The van der Waals surface area contributed by atoms with Gasteiger partial charge in [0.25, 0.3) is 0 Å². The van der Waals surface area contributed by atoms with E-state index in [2.05, 4.69) is 0 Å². The summed E-state index contributed by atoms with van der Waals surface area (Å²) in [6.07, 6.45) is 6.71. The quantitative estimate of drug-likeness (QED) is 0.219. The standard InChI is InChI=1S/4C4H4O2S2.2Fe/c4*5-4(6)3-1-2-7-8-3;;/h4*1-3H,(H,5,6);;. The van der Waals surface area contributed by atoms with Gasteiger partial charge in [-0.25, -0.2) is 0 Å². The zero-order chi connectivity index (χ0) is 23.9. The fourth-order valence-corrected chi connectivity index (χ4v) is 9.06. The Morgan fingerprint density at radius 3 is 0.676 bits per heavy atom. The van der Waals surface area contributed by atoms with Crippen LogP contribution in [0.15, 0.2) is 45.9 Å².